The molecule has 0 aliphatic rings. The highest BCUT2D eigenvalue weighted by molar-refractivity contribution is 7.47. The molecule has 0 spiro atoms. The number of ether oxygens (including phenoxy) is 4. The van der Waals surface area contributed by atoms with E-state index in [0.29, 0.717) is 37.5 Å². The van der Waals surface area contributed by atoms with Crippen LogP contribution in [0.2, 0.25) is 0 Å². The van der Waals surface area contributed by atoms with Crippen LogP contribution >= 0.6 is 15.6 Å². The second-order valence-corrected chi connectivity index (χ2v) is 29.5. The summed E-state index contributed by atoms with van der Waals surface area (Å²) in [4.78, 5) is 72.4. The molecule has 0 rings (SSSR count). The monoisotopic (exact) mass is 1300 g/mol. The first kappa shape index (κ1) is 86.1. The zero-order valence-corrected chi connectivity index (χ0v) is 59.1. The molecule has 88 heavy (non-hydrogen) atoms. The van der Waals surface area contributed by atoms with Gasteiger partial charge in [-0.15, -0.1) is 0 Å². The average Bonchev–Trinajstić information content (AvgIpc) is 3.56. The highest BCUT2D eigenvalue weighted by atomic mass is 31.2. The number of rotatable bonds is 66. The van der Waals surface area contributed by atoms with Gasteiger partial charge in [-0.3, -0.25) is 37.3 Å². The first-order chi connectivity index (χ1) is 42.1. The van der Waals surface area contributed by atoms with E-state index in [1.54, 1.807) is 0 Å². The fourth-order valence-electron chi connectivity index (χ4n) is 10.3. The van der Waals surface area contributed by atoms with Crippen LogP contribution in [-0.4, -0.2) is 96.7 Å². The van der Waals surface area contributed by atoms with Gasteiger partial charge >= 0.3 is 39.5 Å². The minimum Gasteiger partial charge on any atom is -0.462 e. The molecule has 0 aliphatic carbocycles. The third kappa shape index (κ3) is 61.6. The molecule has 0 radical (unpaired) electrons. The molecular formula is C69H134O17P2. The summed E-state index contributed by atoms with van der Waals surface area (Å²) in [6, 6.07) is 0. The molecule has 3 N–H and O–H groups in total. The predicted molar refractivity (Wildman–Crippen MR) is 354 cm³/mol. The van der Waals surface area contributed by atoms with Crippen molar-refractivity contribution >= 4 is 39.5 Å². The lowest BCUT2D eigenvalue weighted by Crippen LogP contribution is -2.30. The third-order valence-corrected chi connectivity index (χ3v) is 18.1. The molecule has 17 nitrogen and oxygen atoms in total. The lowest BCUT2D eigenvalue weighted by Gasteiger charge is -2.21. The highest BCUT2D eigenvalue weighted by Crippen LogP contribution is 2.45. The lowest BCUT2D eigenvalue weighted by molar-refractivity contribution is -0.161. The maximum atomic E-state index is 13.0. The summed E-state index contributed by atoms with van der Waals surface area (Å²) >= 11 is 0. The molecule has 0 aromatic heterocycles. The van der Waals surface area contributed by atoms with E-state index in [-0.39, 0.29) is 25.7 Å². The molecule has 6 atom stereocenters. The van der Waals surface area contributed by atoms with Gasteiger partial charge in [-0.1, -0.05) is 287 Å². The van der Waals surface area contributed by atoms with E-state index < -0.39 is 97.5 Å². The van der Waals surface area contributed by atoms with Crippen molar-refractivity contribution in [1.29, 1.82) is 0 Å². The van der Waals surface area contributed by atoms with Gasteiger partial charge in [0.2, 0.25) is 0 Å². The van der Waals surface area contributed by atoms with Crippen LogP contribution in [0.15, 0.2) is 0 Å². The van der Waals surface area contributed by atoms with Crippen molar-refractivity contribution in [2.24, 2.45) is 23.7 Å². The van der Waals surface area contributed by atoms with Crippen LogP contribution < -0.4 is 0 Å². The molecule has 19 heteroatoms. The normalized spacial score (nSPS) is 14.6. The van der Waals surface area contributed by atoms with Gasteiger partial charge in [-0.2, -0.15) is 0 Å². The van der Waals surface area contributed by atoms with Gasteiger partial charge in [0, 0.05) is 25.7 Å². The summed E-state index contributed by atoms with van der Waals surface area (Å²) in [7, 11) is -9.90. The number of carbonyl (C=O) groups excluding carboxylic acids is 4. The molecule has 0 saturated carbocycles. The van der Waals surface area contributed by atoms with Crippen molar-refractivity contribution in [2.45, 2.75) is 356 Å². The van der Waals surface area contributed by atoms with E-state index >= 15 is 0 Å². The second-order valence-electron chi connectivity index (χ2n) is 26.6. The van der Waals surface area contributed by atoms with Crippen LogP contribution in [0, 0.1) is 23.7 Å². The first-order valence-electron chi connectivity index (χ1n) is 35.7. The minimum atomic E-state index is -4.95. The molecule has 0 fully saturated rings. The van der Waals surface area contributed by atoms with Crippen molar-refractivity contribution in [3.8, 4) is 0 Å². The van der Waals surface area contributed by atoms with Crippen molar-refractivity contribution < 1.29 is 80.2 Å². The summed E-state index contributed by atoms with van der Waals surface area (Å²) in [5.41, 5.74) is 0. The van der Waals surface area contributed by atoms with Crippen LogP contribution in [0.4, 0.5) is 0 Å². The first-order valence-corrected chi connectivity index (χ1v) is 38.7. The molecule has 0 aliphatic heterocycles. The van der Waals surface area contributed by atoms with Gasteiger partial charge in [0.25, 0.3) is 0 Å². The number of aliphatic hydroxyl groups is 1. The fourth-order valence-corrected chi connectivity index (χ4v) is 11.9. The number of aliphatic hydroxyl groups excluding tert-OH is 1. The second kappa shape index (κ2) is 58.8. The molecule has 0 bridgehead atoms. The van der Waals surface area contributed by atoms with E-state index in [4.69, 9.17) is 37.0 Å². The van der Waals surface area contributed by atoms with E-state index in [1.807, 2.05) is 0 Å². The number of esters is 4. The van der Waals surface area contributed by atoms with Crippen molar-refractivity contribution in [3.05, 3.63) is 0 Å². The zero-order chi connectivity index (χ0) is 65.4. The standard InChI is InChI=1S/C69H134O17P2/c1-9-62(8)48-40-32-22-19-20-24-35-43-51-68(73)85-64(56-80-67(72)50-42-34-27-25-30-38-46-60(4)5)57-83-87(75,76)81-53-63(70)54-82-88(77,78)84-58-65(86-69(74)52-44-36-28-26-31-39-47-61(6)7)55-79-66(71)49-41-33-23-18-16-14-12-10-11-13-15-17-21-29-37-45-59(2)3/h59-65,70H,9-58H2,1-8H3,(H,75,76)(H,77,78)/t62?,63-,64+,65+/m0/s1. The Labute approximate surface area is 537 Å². The lowest BCUT2D eigenvalue weighted by atomic mass is 9.99. The number of hydrogen-bond donors (Lipinski definition) is 3. The fraction of sp³-hybridized carbons (Fsp3) is 0.942. The molecular weight excluding hydrogens is 1160 g/mol. The van der Waals surface area contributed by atoms with Gasteiger partial charge in [0.15, 0.2) is 12.2 Å². The Morgan fingerprint density at radius 3 is 0.807 bits per heavy atom. The summed E-state index contributed by atoms with van der Waals surface area (Å²) < 4.78 is 68.1. The summed E-state index contributed by atoms with van der Waals surface area (Å²) in [6.07, 6.45) is 40.7. The Morgan fingerprint density at radius 2 is 0.545 bits per heavy atom. The Balaban J connectivity index is 5.17. The molecule has 522 valence electrons. The molecule has 0 saturated heterocycles. The maximum absolute atomic E-state index is 13.0. The number of phosphoric ester groups is 2. The minimum absolute atomic E-state index is 0.102. The summed E-state index contributed by atoms with van der Waals surface area (Å²) in [5.74, 6) is 0.786. The van der Waals surface area contributed by atoms with E-state index in [1.165, 1.54) is 135 Å². The smallest absolute Gasteiger partial charge is 0.462 e. The predicted octanol–water partition coefficient (Wildman–Crippen LogP) is 19.3. The summed E-state index contributed by atoms with van der Waals surface area (Å²) in [6.45, 7) is 14.0. The molecule has 0 aromatic carbocycles. The topological polar surface area (TPSA) is 237 Å². The Kier molecular flexibility index (Phi) is 57.6. The SMILES string of the molecule is CCC(C)CCCCCCCCCCC(=O)O[C@H](COC(=O)CCCCCCCCC(C)C)COP(=O)(O)OC[C@H](O)COP(=O)(O)OC[C@@H](COC(=O)CCCCCCCCCCCCCCCCCC(C)C)OC(=O)CCCCCCCCC(C)C. The Morgan fingerprint density at radius 1 is 0.318 bits per heavy atom. The van der Waals surface area contributed by atoms with Gasteiger partial charge in [-0.25, -0.2) is 9.13 Å². The van der Waals surface area contributed by atoms with Crippen LogP contribution in [-0.2, 0) is 65.4 Å². The van der Waals surface area contributed by atoms with Gasteiger partial charge in [-0.05, 0) is 49.4 Å². The van der Waals surface area contributed by atoms with Crippen LogP contribution in [0.1, 0.15) is 338 Å². The number of hydrogen-bond acceptors (Lipinski definition) is 15. The van der Waals surface area contributed by atoms with E-state index in [2.05, 4.69) is 55.4 Å². The number of unbranched alkanes of at least 4 members (excludes halogenated alkanes) is 31. The number of carbonyl (C=O) groups is 4. The molecule has 3 unspecified atom stereocenters. The van der Waals surface area contributed by atoms with Gasteiger partial charge in [0.1, 0.15) is 19.3 Å². The van der Waals surface area contributed by atoms with Crippen molar-refractivity contribution in [1.82, 2.24) is 0 Å². The van der Waals surface area contributed by atoms with E-state index in [9.17, 15) is 43.2 Å². The van der Waals surface area contributed by atoms with Crippen LogP contribution in [0.5, 0.6) is 0 Å². The average molecular weight is 1300 g/mol. The van der Waals surface area contributed by atoms with Crippen LogP contribution in [0.25, 0.3) is 0 Å². The molecule has 0 amide bonds. The highest BCUT2D eigenvalue weighted by Gasteiger charge is 2.30. The molecule has 0 heterocycles. The van der Waals surface area contributed by atoms with Crippen LogP contribution in [0.3, 0.4) is 0 Å². The third-order valence-electron chi connectivity index (χ3n) is 16.2. The number of phosphoric acid groups is 2. The molecule has 0 aromatic rings. The van der Waals surface area contributed by atoms with Gasteiger partial charge < -0.3 is 33.8 Å². The Bertz CT molecular complexity index is 1750. The van der Waals surface area contributed by atoms with Crippen molar-refractivity contribution in [3.63, 3.8) is 0 Å². The Hall–Kier alpha value is -1.94. The zero-order valence-electron chi connectivity index (χ0n) is 57.3. The van der Waals surface area contributed by atoms with E-state index in [0.717, 1.165) is 108 Å². The maximum Gasteiger partial charge on any atom is 0.472 e. The van der Waals surface area contributed by atoms with Crippen molar-refractivity contribution in [2.75, 3.05) is 39.6 Å². The largest absolute Gasteiger partial charge is 0.472 e. The van der Waals surface area contributed by atoms with Gasteiger partial charge in [0.05, 0.1) is 26.4 Å². The summed E-state index contributed by atoms with van der Waals surface area (Å²) in [5, 5.41) is 10.6. The quantitative estimate of drug-likeness (QED) is 0.0222.